The highest BCUT2D eigenvalue weighted by Crippen LogP contribution is 2.32. The fraction of sp³-hybridized carbons (Fsp3) is 0.400. The van der Waals surface area contributed by atoms with Crippen LogP contribution in [0.2, 0.25) is 0 Å². The van der Waals surface area contributed by atoms with Gasteiger partial charge in [-0.15, -0.1) is 0 Å². The van der Waals surface area contributed by atoms with Crippen molar-refractivity contribution in [1.29, 1.82) is 0 Å². The number of aryl methyl sites for hydroxylation is 2. The second-order valence-electron chi connectivity index (χ2n) is 6.68. The van der Waals surface area contributed by atoms with E-state index in [4.69, 9.17) is 14.2 Å². The highest BCUT2D eigenvalue weighted by atomic mass is 16.6. The van der Waals surface area contributed by atoms with Crippen LogP contribution in [-0.2, 0) is 0 Å². The first kappa shape index (κ1) is 15.3. The monoisotopic (exact) mass is 325 g/mol. The molecule has 2 aliphatic heterocycles. The molecule has 0 unspecified atom stereocenters. The molecule has 2 heterocycles. The number of rotatable bonds is 4. The van der Waals surface area contributed by atoms with Gasteiger partial charge in [0.15, 0.2) is 11.5 Å². The topological polar surface area (TPSA) is 30.9 Å². The molecule has 0 amide bonds. The zero-order chi connectivity index (χ0) is 16.5. The van der Waals surface area contributed by atoms with Crippen molar-refractivity contribution in [1.82, 2.24) is 4.90 Å². The Labute approximate surface area is 142 Å². The van der Waals surface area contributed by atoms with E-state index in [2.05, 4.69) is 36.9 Å². The van der Waals surface area contributed by atoms with Gasteiger partial charge in [0.05, 0.1) is 0 Å². The number of hydrogen-bond donors (Lipinski definition) is 0. The highest BCUT2D eigenvalue weighted by Gasteiger charge is 2.32. The number of hydrogen-bond acceptors (Lipinski definition) is 4. The number of fused-ring (bicyclic) bond motifs is 1. The van der Waals surface area contributed by atoms with Crippen molar-refractivity contribution < 1.29 is 14.2 Å². The SMILES string of the molecule is Cc1cccc(C)c1OC1CN(C[C@@H]2COc3ccccc3O2)C1. The fourth-order valence-electron chi connectivity index (χ4n) is 3.34. The molecule has 0 bridgehead atoms. The molecule has 4 rings (SSSR count). The summed E-state index contributed by atoms with van der Waals surface area (Å²) in [5.74, 6) is 2.72. The van der Waals surface area contributed by atoms with E-state index in [1.807, 2.05) is 24.3 Å². The van der Waals surface area contributed by atoms with Crippen LogP contribution in [0, 0.1) is 13.8 Å². The van der Waals surface area contributed by atoms with Gasteiger partial charge in [0, 0.05) is 19.6 Å². The van der Waals surface area contributed by atoms with E-state index in [1.54, 1.807) is 0 Å². The molecule has 0 aromatic heterocycles. The molecule has 0 spiro atoms. The average molecular weight is 325 g/mol. The smallest absolute Gasteiger partial charge is 0.161 e. The van der Waals surface area contributed by atoms with Crippen LogP contribution in [-0.4, -0.2) is 43.3 Å². The summed E-state index contributed by atoms with van der Waals surface area (Å²) < 4.78 is 18.0. The molecule has 2 aromatic rings. The summed E-state index contributed by atoms with van der Waals surface area (Å²) in [5.41, 5.74) is 2.41. The van der Waals surface area contributed by atoms with Crippen LogP contribution in [0.5, 0.6) is 17.2 Å². The zero-order valence-electron chi connectivity index (χ0n) is 14.2. The van der Waals surface area contributed by atoms with E-state index in [1.165, 1.54) is 11.1 Å². The summed E-state index contributed by atoms with van der Waals surface area (Å²) in [4.78, 5) is 2.36. The third kappa shape index (κ3) is 3.06. The maximum atomic E-state index is 6.17. The lowest BCUT2D eigenvalue weighted by Crippen LogP contribution is -2.57. The van der Waals surface area contributed by atoms with Crippen LogP contribution < -0.4 is 14.2 Å². The lowest BCUT2D eigenvalue weighted by atomic mass is 10.1. The van der Waals surface area contributed by atoms with Gasteiger partial charge < -0.3 is 14.2 Å². The van der Waals surface area contributed by atoms with Gasteiger partial charge >= 0.3 is 0 Å². The first-order valence-corrected chi connectivity index (χ1v) is 8.53. The lowest BCUT2D eigenvalue weighted by Gasteiger charge is -2.41. The summed E-state index contributed by atoms with van der Waals surface area (Å²) >= 11 is 0. The number of likely N-dealkylation sites (tertiary alicyclic amines) is 1. The fourth-order valence-corrected chi connectivity index (χ4v) is 3.34. The molecule has 2 aromatic carbocycles. The molecule has 1 fully saturated rings. The number of benzene rings is 2. The van der Waals surface area contributed by atoms with Crippen molar-refractivity contribution >= 4 is 0 Å². The first-order chi connectivity index (χ1) is 11.7. The molecule has 4 nitrogen and oxygen atoms in total. The van der Waals surface area contributed by atoms with E-state index < -0.39 is 0 Å². The lowest BCUT2D eigenvalue weighted by molar-refractivity contribution is -0.0187. The summed E-state index contributed by atoms with van der Waals surface area (Å²) in [5, 5.41) is 0. The van der Waals surface area contributed by atoms with Crippen LogP contribution in [0.3, 0.4) is 0 Å². The van der Waals surface area contributed by atoms with E-state index in [0.29, 0.717) is 6.61 Å². The highest BCUT2D eigenvalue weighted by molar-refractivity contribution is 5.41. The van der Waals surface area contributed by atoms with Crippen LogP contribution in [0.25, 0.3) is 0 Å². The Kier molecular flexibility index (Phi) is 4.07. The molecule has 24 heavy (non-hydrogen) atoms. The van der Waals surface area contributed by atoms with Gasteiger partial charge in [-0.05, 0) is 37.1 Å². The minimum Gasteiger partial charge on any atom is -0.487 e. The molecule has 0 aliphatic carbocycles. The summed E-state index contributed by atoms with van der Waals surface area (Å²) in [6.07, 6.45) is 0.350. The Hall–Kier alpha value is -2.20. The normalized spacial score (nSPS) is 20.5. The molecule has 2 aliphatic rings. The molecule has 0 radical (unpaired) electrons. The standard InChI is InChI=1S/C20H23NO3/c1-14-6-5-7-15(2)20(14)24-16-10-21(11-16)12-17-13-22-18-8-3-4-9-19(18)23-17/h3-9,16-17H,10-13H2,1-2H3/t17-/m1/s1. The Balaban J connectivity index is 1.28. The second kappa shape index (κ2) is 6.36. The van der Waals surface area contributed by atoms with Crippen LogP contribution >= 0.6 is 0 Å². The van der Waals surface area contributed by atoms with Crippen LogP contribution in [0.1, 0.15) is 11.1 Å². The van der Waals surface area contributed by atoms with Crippen molar-refractivity contribution in [3.8, 4) is 17.2 Å². The molecule has 1 atom stereocenters. The van der Waals surface area contributed by atoms with Crippen molar-refractivity contribution in [3.63, 3.8) is 0 Å². The minimum absolute atomic E-state index is 0.0843. The molecule has 126 valence electrons. The van der Waals surface area contributed by atoms with E-state index in [-0.39, 0.29) is 12.2 Å². The number of ether oxygens (including phenoxy) is 3. The molecule has 0 N–H and O–H groups in total. The van der Waals surface area contributed by atoms with Crippen LogP contribution in [0.4, 0.5) is 0 Å². The molecule has 0 saturated carbocycles. The van der Waals surface area contributed by atoms with Gasteiger partial charge in [0.2, 0.25) is 0 Å². The minimum atomic E-state index is 0.0843. The summed E-state index contributed by atoms with van der Waals surface area (Å²) in [7, 11) is 0. The number of nitrogens with zero attached hydrogens (tertiary/aromatic N) is 1. The van der Waals surface area contributed by atoms with Gasteiger partial charge in [-0.25, -0.2) is 0 Å². The zero-order valence-corrected chi connectivity index (χ0v) is 14.2. The summed E-state index contributed by atoms with van der Waals surface area (Å²) in [6, 6.07) is 14.1. The van der Waals surface area contributed by atoms with Gasteiger partial charge in [-0.2, -0.15) is 0 Å². The van der Waals surface area contributed by atoms with Crippen LogP contribution in [0.15, 0.2) is 42.5 Å². The summed E-state index contributed by atoms with van der Waals surface area (Å²) in [6.45, 7) is 7.56. The quantitative estimate of drug-likeness (QED) is 0.864. The Morgan fingerprint density at radius 2 is 1.71 bits per heavy atom. The predicted molar refractivity (Wildman–Crippen MR) is 93.1 cm³/mol. The maximum Gasteiger partial charge on any atom is 0.161 e. The van der Waals surface area contributed by atoms with E-state index >= 15 is 0 Å². The van der Waals surface area contributed by atoms with Crippen molar-refractivity contribution in [3.05, 3.63) is 53.6 Å². The first-order valence-electron chi connectivity index (χ1n) is 8.53. The molecule has 1 saturated heterocycles. The van der Waals surface area contributed by atoms with E-state index in [0.717, 1.165) is 36.9 Å². The third-order valence-electron chi connectivity index (χ3n) is 4.65. The average Bonchev–Trinajstić information content (AvgIpc) is 2.55. The largest absolute Gasteiger partial charge is 0.487 e. The van der Waals surface area contributed by atoms with Crippen molar-refractivity contribution in [2.45, 2.75) is 26.1 Å². The van der Waals surface area contributed by atoms with Gasteiger partial charge in [0.1, 0.15) is 24.6 Å². The predicted octanol–water partition coefficient (Wildman–Crippen LogP) is 3.21. The van der Waals surface area contributed by atoms with Crippen molar-refractivity contribution in [2.75, 3.05) is 26.2 Å². The molecule has 4 heteroatoms. The number of para-hydroxylation sites is 3. The van der Waals surface area contributed by atoms with Gasteiger partial charge in [-0.3, -0.25) is 4.90 Å². The Bertz CT molecular complexity index is 704. The third-order valence-corrected chi connectivity index (χ3v) is 4.65. The van der Waals surface area contributed by atoms with Gasteiger partial charge in [0.25, 0.3) is 0 Å². The van der Waals surface area contributed by atoms with Crippen molar-refractivity contribution in [2.24, 2.45) is 0 Å². The van der Waals surface area contributed by atoms with Gasteiger partial charge in [-0.1, -0.05) is 30.3 Å². The Morgan fingerprint density at radius 1 is 1.00 bits per heavy atom. The second-order valence-corrected chi connectivity index (χ2v) is 6.68. The maximum absolute atomic E-state index is 6.17. The molecular weight excluding hydrogens is 302 g/mol. The van der Waals surface area contributed by atoms with E-state index in [9.17, 15) is 0 Å². The molecular formula is C20H23NO3. The Morgan fingerprint density at radius 3 is 2.46 bits per heavy atom.